The number of aromatic nitrogens is 1. The van der Waals surface area contributed by atoms with Crippen LogP contribution in [0.3, 0.4) is 0 Å². The van der Waals surface area contributed by atoms with Crippen LogP contribution in [0.15, 0.2) is 49.2 Å². The number of hydrogen-bond acceptors (Lipinski definition) is 2. The Balaban J connectivity index is 2.48. The summed E-state index contributed by atoms with van der Waals surface area (Å²) in [5.74, 6) is 0.985. The zero-order valence-corrected chi connectivity index (χ0v) is 10.2. The molecule has 0 aliphatic rings. The van der Waals surface area contributed by atoms with Gasteiger partial charge in [-0.2, -0.15) is 0 Å². The van der Waals surface area contributed by atoms with Crippen LogP contribution >= 0.6 is 0 Å². The van der Waals surface area contributed by atoms with Crippen LogP contribution in [0.4, 0.5) is 5.82 Å². The Kier molecular flexibility index (Phi) is 3.24. The third-order valence-corrected chi connectivity index (χ3v) is 2.67. The normalized spacial score (nSPS) is 10.0. The van der Waals surface area contributed by atoms with Gasteiger partial charge in [-0.3, -0.25) is 0 Å². The summed E-state index contributed by atoms with van der Waals surface area (Å²) in [5.41, 5.74) is 3.45. The van der Waals surface area contributed by atoms with E-state index in [0.29, 0.717) is 0 Å². The largest absolute Gasteiger partial charge is 0.362 e. The van der Waals surface area contributed by atoms with Crippen LogP contribution < -0.4 is 4.90 Å². The third-order valence-electron chi connectivity index (χ3n) is 2.67. The molecule has 0 fully saturated rings. The van der Waals surface area contributed by atoms with Crippen LogP contribution in [-0.2, 0) is 0 Å². The molecule has 0 N–H and O–H groups in total. The Morgan fingerprint density at radius 1 is 1.12 bits per heavy atom. The quantitative estimate of drug-likeness (QED) is 0.793. The van der Waals surface area contributed by atoms with Crippen molar-refractivity contribution in [2.45, 2.75) is 0 Å². The Morgan fingerprint density at radius 2 is 1.82 bits per heavy atom. The van der Waals surface area contributed by atoms with Crippen LogP contribution in [-0.4, -0.2) is 19.1 Å². The molecular formula is C15H16N2. The second kappa shape index (κ2) is 4.83. The van der Waals surface area contributed by atoms with Crippen molar-refractivity contribution in [3.8, 4) is 11.1 Å². The van der Waals surface area contributed by atoms with E-state index in [1.807, 2.05) is 37.3 Å². The predicted octanol–water partition coefficient (Wildman–Crippen LogP) is 3.46. The molecule has 0 radical (unpaired) electrons. The summed E-state index contributed by atoms with van der Waals surface area (Å²) in [6.45, 7) is 3.76. The molecule has 0 saturated carbocycles. The van der Waals surface area contributed by atoms with E-state index in [9.17, 15) is 0 Å². The molecule has 0 aliphatic heterocycles. The number of benzene rings is 1. The second-order valence-corrected chi connectivity index (χ2v) is 4.10. The van der Waals surface area contributed by atoms with Gasteiger partial charge in [-0.1, -0.05) is 36.9 Å². The number of hydrogen-bond donors (Lipinski definition) is 0. The fourth-order valence-electron chi connectivity index (χ4n) is 1.78. The lowest BCUT2D eigenvalue weighted by atomic mass is 10.0. The van der Waals surface area contributed by atoms with Gasteiger partial charge >= 0.3 is 0 Å². The maximum Gasteiger partial charge on any atom is 0.135 e. The van der Waals surface area contributed by atoms with Gasteiger partial charge in [0.15, 0.2) is 0 Å². The van der Waals surface area contributed by atoms with Crippen LogP contribution in [0.1, 0.15) is 5.56 Å². The van der Waals surface area contributed by atoms with Crippen LogP contribution in [0.25, 0.3) is 17.2 Å². The van der Waals surface area contributed by atoms with Gasteiger partial charge in [0.25, 0.3) is 0 Å². The van der Waals surface area contributed by atoms with E-state index in [-0.39, 0.29) is 0 Å². The van der Waals surface area contributed by atoms with E-state index in [4.69, 9.17) is 0 Å². The fraction of sp³-hybridized carbons (Fsp3) is 0.133. The molecular weight excluding hydrogens is 208 g/mol. The average Bonchev–Trinajstić information content (AvgIpc) is 2.39. The predicted molar refractivity (Wildman–Crippen MR) is 74.1 cm³/mol. The zero-order chi connectivity index (χ0) is 12.3. The molecule has 1 aromatic heterocycles. The topological polar surface area (TPSA) is 16.1 Å². The van der Waals surface area contributed by atoms with Gasteiger partial charge in [0.2, 0.25) is 0 Å². The van der Waals surface area contributed by atoms with Crippen molar-refractivity contribution in [2.75, 3.05) is 19.0 Å². The van der Waals surface area contributed by atoms with E-state index in [1.165, 1.54) is 5.56 Å². The Morgan fingerprint density at radius 3 is 2.41 bits per heavy atom. The van der Waals surface area contributed by atoms with Gasteiger partial charge in [-0.25, -0.2) is 4.98 Å². The zero-order valence-electron chi connectivity index (χ0n) is 10.2. The minimum absolute atomic E-state index is 0.985. The molecule has 0 bridgehead atoms. The Labute approximate surface area is 102 Å². The number of rotatable bonds is 3. The van der Waals surface area contributed by atoms with Gasteiger partial charge in [-0.15, -0.1) is 0 Å². The minimum Gasteiger partial charge on any atom is -0.362 e. The summed E-state index contributed by atoms with van der Waals surface area (Å²) in [5, 5.41) is 0. The number of nitrogens with zero attached hydrogens (tertiary/aromatic N) is 2. The lowest BCUT2D eigenvalue weighted by molar-refractivity contribution is 1.07. The van der Waals surface area contributed by atoms with Gasteiger partial charge in [0.1, 0.15) is 5.82 Å². The molecule has 2 aromatic rings. The molecule has 0 aliphatic carbocycles. The molecule has 0 unspecified atom stereocenters. The van der Waals surface area contributed by atoms with Crippen molar-refractivity contribution in [3.05, 3.63) is 54.7 Å². The van der Waals surface area contributed by atoms with Crippen molar-refractivity contribution >= 4 is 11.9 Å². The lowest BCUT2D eigenvalue weighted by Gasteiger charge is -2.15. The third kappa shape index (κ3) is 2.36. The van der Waals surface area contributed by atoms with Crippen molar-refractivity contribution in [1.29, 1.82) is 0 Å². The highest BCUT2D eigenvalue weighted by molar-refractivity contribution is 5.76. The molecule has 17 heavy (non-hydrogen) atoms. The van der Waals surface area contributed by atoms with Crippen LogP contribution in [0.2, 0.25) is 0 Å². The lowest BCUT2D eigenvalue weighted by Crippen LogP contribution is -2.11. The van der Waals surface area contributed by atoms with E-state index < -0.39 is 0 Å². The summed E-state index contributed by atoms with van der Waals surface area (Å²) in [7, 11) is 4.01. The van der Waals surface area contributed by atoms with E-state index in [2.05, 4.69) is 41.9 Å². The molecule has 2 heteroatoms. The van der Waals surface area contributed by atoms with E-state index in [0.717, 1.165) is 16.9 Å². The average molecular weight is 224 g/mol. The molecule has 2 rings (SSSR count). The minimum atomic E-state index is 0.985. The molecule has 0 spiro atoms. The summed E-state index contributed by atoms with van der Waals surface area (Å²) in [6, 6.07) is 12.4. The standard InChI is InChI=1S/C15H16N2/c1-4-12-7-9-13(10-8-12)14-6-5-11-16-15(14)17(2)3/h4-11H,1H2,2-3H3. The van der Waals surface area contributed by atoms with Gasteiger partial charge < -0.3 is 4.90 Å². The maximum atomic E-state index is 4.40. The SMILES string of the molecule is C=Cc1ccc(-c2cccnc2N(C)C)cc1. The summed E-state index contributed by atoms with van der Waals surface area (Å²) >= 11 is 0. The first kappa shape index (κ1) is 11.4. The first-order chi connectivity index (χ1) is 8.22. The second-order valence-electron chi connectivity index (χ2n) is 4.10. The van der Waals surface area contributed by atoms with Crippen molar-refractivity contribution in [2.24, 2.45) is 0 Å². The first-order valence-electron chi connectivity index (χ1n) is 5.57. The molecule has 1 aromatic carbocycles. The van der Waals surface area contributed by atoms with Gasteiger partial charge in [0, 0.05) is 25.9 Å². The maximum absolute atomic E-state index is 4.40. The Bertz CT molecular complexity index is 513. The summed E-state index contributed by atoms with van der Waals surface area (Å²) in [6.07, 6.45) is 3.66. The van der Waals surface area contributed by atoms with Crippen molar-refractivity contribution in [3.63, 3.8) is 0 Å². The fourth-order valence-corrected chi connectivity index (χ4v) is 1.78. The summed E-state index contributed by atoms with van der Waals surface area (Å²) in [4.78, 5) is 6.43. The highest BCUT2D eigenvalue weighted by Gasteiger charge is 2.06. The van der Waals surface area contributed by atoms with Crippen molar-refractivity contribution < 1.29 is 0 Å². The summed E-state index contributed by atoms with van der Waals surface area (Å²) < 4.78 is 0. The van der Waals surface area contributed by atoms with Crippen LogP contribution in [0.5, 0.6) is 0 Å². The number of anilines is 1. The first-order valence-corrected chi connectivity index (χ1v) is 5.57. The van der Waals surface area contributed by atoms with Crippen LogP contribution in [0, 0.1) is 0 Å². The highest BCUT2D eigenvalue weighted by Crippen LogP contribution is 2.27. The molecule has 0 saturated heterocycles. The number of pyridine rings is 1. The molecule has 0 amide bonds. The highest BCUT2D eigenvalue weighted by atomic mass is 15.1. The smallest absolute Gasteiger partial charge is 0.135 e. The van der Waals surface area contributed by atoms with Gasteiger partial charge in [-0.05, 0) is 23.3 Å². The van der Waals surface area contributed by atoms with E-state index >= 15 is 0 Å². The van der Waals surface area contributed by atoms with Gasteiger partial charge in [0.05, 0.1) is 0 Å². The van der Waals surface area contributed by atoms with E-state index in [1.54, 1.807) is 0 Å². The van der Waals surface area contributed by atoms with Crippen molar-refractivity contribution in [1.82, 2.24) is 4.98 Å². The Hall–Kier alpha value is -2.09. The molecule has 1 heterocycles. The molecule has 86 valence electrons. The molecule has 2 nitrogen and oxygen atoms in total. The monoisotopic (exact) mass is 224 g/mol. The molecule has 0 atom stereocenters.